The molecule has 17 heteroatoms. The number of esters is 1. The molecule has 0 aromatic carbocycles. The normalized spacial score (nSPS) is 42.5. The van der Waals surface area contributed by atoms with Gasteiger partial charge < -0.3 is 80.9 Å². The second-order valence-electron chi connectivity index (χ2n) is 18.4. The Bertz CT molecular complexity index is 1700. The Morgan fingerprint density at radius 2 is 1.18 bits per heavy atom. The second-order valence-corrected chi connectivity index (χ2v) is 18.4. The standard InChI is InChI=1S/C50H79NO16/c1-30-20-18-16-14-12-10-8-6-7-9-11-13-15-17-19-21-42(66-49-47(62)44(51)46(61)34(5)65-49)32(3)48-38(29-52)41(58)28-50(63,67-48)27-37(55)25-40(57)39(56)23-22-35(53)24-36(54)26-43(59)64-33(4)31(2)45(30)60/h6-21,30-42,44-49,52-58,60-63H,22-29,51H2,1-5H3/t30-,31-,32?,33-,34+,35-,36-,37+,38?,39+,40-,41-,42?,44-,45+,46+,47-,48?,49-,50+/m0/s1. The number of fused-ring (bicyclic) bond motifs is 2. The van der Waals surface area contributed by atoms with Crippen LogP contribution in [0, 0.1) is 23.7 Å². The van der Waals surface area contributed by atoms with Crippen LogP contribution in [0.5, 0.6) is 0 Å². The molecule has 0 amide bonds. The van der Waals surface area contributed by atoms with E-state index in [0.29, 0.717) is 0 Å². The largest absolute Gasteiger partial charge is 0.462 e. The highest BCUT2D eigenvalue weighted by Gasteiger charge is 2.50. The van der Waals surface area contributed by atoms with Crippen LogP contribution >= 0.6 is 0 Å². The average Bonchev–Trinajstić information content (AvgIpc) is 3.26. The van der Waals surface area contributed by atoms with E-state index in [9.17, 15) is 61.0 Å². The van der Waals surface area contributed by atoms with Crippen LogP contribution in [0.1, 0.15) is 79.6 Å². The number of rotatable bonds is 3. The summed E-state index contributed by atoms with van der Waals surface area (Å²) in [6.07, 6.45) is 9.98. The van der Waals surface area contributed by atoms with Crippen LogP contribution in [0.25, 0.3) is 0 Å². The molecule has 0 spiro atoms. The first-order valence-electron chi connectivity index (χ1n) is 23.4. The zero-order chi connectivity index (χ0) is 49.8. The van der Waals surface area contributed by atoms with E-state index in [-0.39, 0.29) is 25.2 Å². The molecule has 67 heavy (non-hydrogen) atoms. The SMILES string of the molecule is CC1C(O[C@@H]2O[C@H](C)[C@@H](O)[C@H](N)[C@@H]2O)C=CC=CC=CC=CC=CC=CC=CC=C[C@H](C)[C@@H](O)[C@@H](C)[C@H](C)OC(=O)C[C@@H](O)C[C@@H](O)CC[C@@H](O)[C@@H](O)C[C@@H](O)C[C@]2(O)C[C@H](O)C(CO)C1O2. The Kier molecular flexibility index (Phi) is 25.2. The molecule has 3 rings (SSSR count). The number of carbonyl (C=O) groups excluding carboxylic acids is 1. The fraction of sp³-hybridized carbons (Fsp3) is 0.660. The smallest absolute Gasteiger partial charge is 0.308 e. The third kappa shape index (κ3) is 19.2. The second kappa shape index (κ2) is 29.1. The Morgan fingerprint density at radius 3 is 1.75 bits per heavy atom. The van der Waals surface area contributed by atoms with Crippen molar-refractivity contribution in [1.29, 1.82) is 0 Å². The lowest BCUT2D eigenvalue weighted by atomic mass is 9.79. The van der Waals surface area contributed by atoms with E-state index < -0.39 is 153 Å². The molecule has 4 unspecified atom stereocenters. The first-order valence-corrected chi connectivity index (χ1v) is 23.4. The van der Waals surface area contributed by atoms with Crippen LogP contribution in [0.15, 0.2) is 97.2 Å². The fourth-order valence-electron chi connectivity index (χ4n) is 8.37. The van der Waals surface area contributed by atoms with E-state index in [0.717, 1.165) is 0 Å². The lowest BCUT2D eigenvalue weighted by Gasteiger charge is -2.48. The van der Waals surface area contributed by atoms with Gasteiger partial charge in [-0.25, -0.2) is 0 Å². The zero-order valence-electron chi connectivity index (χ0n) is 39.4. The number of hydrogen-bond donors (Lipinski definition) is 12. The number of aliphatic hydroxyl groups is 11. The number of allylic oxidation sites excluding steroid dienone is 14. The van der Waals surface area contributed by atoms with Crippen molar-refractivity contribution in [3.05, 3.63) is 97.2 Å². The zero-order valence-corrected chi connectivity index (χ0v) is 39.4. The van der Waals surface area contributed by atoms with Crippen LogP contribution in [0.2, 0.25) is 0 Å². The summed E-state index contributed by atoms with van der Waals surface area (Å²) in [5.74, 6) is -5.32. The maximum absolute atomic E-state index is 12.7. The Morgan fingerprint density at radius 1 is 0.627 bits per heavy atom. The highest BCUT2D eigenvalue weighted by molar-refractivity contribution is 5.70. The van der Waals surface area contributed by atoms with Crippen molar-refractivity contribution in [1.82, 2.24) is 0 Å². The Labute approximate surface area is 395 Å². The van der Waals surface area contributed by atoms with Crippen LogP contribution in [-0.2, 0) is 23.7 Å². The van der Waals surface area contributed by atoms with Crippen molar-refractivity contribution < 1.29 is 79.9 Å². The highest BCUT2D eigenvalue weighted by atomic mass is 16.7. The van der Waals surface area contributed by atoms with E-state index in [1.807, 2.05) is 73.8 Å². The molecule has 3 heterocycles. The monoisotopic (exact) mass is 950 g/mol. The average molecular weight is 950 g/mol. The molecule has 0 saturated carbocycles. The van der Waals surface area contributed by atoms with Crippen molar-refractivity contribution in [3.63, 3.8) is 0 Å². The maximum Gasteiger partial charge on any atom is 0.308 e. The van der Waals surface area contributed by atoms with Crippen molar-refractivity contribution in [2.75, 3.05) is 6.61 Å². The van der Waals surface area contributed by atoms with E-state index in [4.69, 9.17) is 24.7 Å². The number of ether oxygens (including phenoxy) is 4. The van der Waals surface area contributed by atoms with E-state index in [1.165, 1.54) is 0 Å². The minimum atomic E-state index is -2.18. The lowest BCUT2D eigenvalue weighted by molar-refractivity contribution is -0.323. The third-order valence-electron chi connectivity index (χ3n) is 12.8. The summed E-state index contributed by atoms with van der Waals surface area (Å²) < 4.78 is 23.7. The molecule has 380 valence electrons. The highest BCUT2D eigenvalue weighted by Crippen LogP contribution is 2.40. The first-order chi connectivity index (χ1) is 31.7. The van der Waals surface area contributed by atoms with Crippen molar-refractivity contribution >= 4 is 5.97 Å². The summed E-state index contributed by atoms with van der Waals surface area (Å²) in [4.78, 5) is 12.7. The number of carbonyl (C=O) groups is 1. The molecule has 3 aliphatic heterocycles. The van der Waals surface area contributed by atoms with Crippen LogP contribution in [0.4, 0.5) is 0 Å². The van der Waals surface area contributed by atoms with Gasteiger partial charge in [0.05, 0.1) is 86.2 Å². The summed E-state index contributed by atoms with van der Waals surface area (Å²) >= 11 is 0. The summed E-state index contributed by atoms with van der Waals surface area (Å²) in [5.41, 5.74) is 6.08. The predicted octanol–water partition coefficient (Wildman–Crippen LogP) is 1.42. The Hall–Kier alpha value is -3.21. The van der Waals surface area contributed by atoms with Crippen molar-refractivity contribution in [2.45, 2.75) is 177 Å². The van der Waals surface area contributed by atoms with E-state index in [2.05, 4.69) is 0 Å². The number of aliphatic hydroxyl groups excluding tert-OH is 10. The molecular weight excluding hydrogens is 871 g/mol. The first kappa shape index (κ1) is 58.1. The van der Waals surface area contributed by atoms with Gasteiger partial charge in [0.25, 0.3) is 0 Å². The van der Waals surface area contributed by atoms with Gasteiger partial charge in [-0.1, -0.05) is 118 Å². The molecular formula is C50H79NO16. The van der Waals surface area contributed by atoms with Gasteiger partial charge in [0.15, 0.2) is 12.1 Å². The molecule has 0 radical (unpaired) electrons. The fourth-order valence-corrected chi connectivity index (χ4v) is 8.37. The number of cyclic esters (lactones) is 1. The molecule has 13 N–H and O–H groups in total. The topological polar surface area (TPSA) is 303 Å². The maximum atomic E-state index is 12.7. The van der Waals surface area contributed by atoms with E-state index >= 15 is 0 Å². The van der Waals surface area contributed by atoms with Gasteiger partial charge in [0.1, 0.15) is 12.2 Å². The quantitative estimate of drug-likeness (QED) is 0.178. The van der Waals surface area contributed by atoms with E-state index in [1.54, 1.807) is 58.1 Å². The number of hydrogen-bond acceptors (Lipinski definition) is 17. The van der Waals surface area contributed by atoms with Gasteiger partial charge in [-0.3, -0.25) is 4.79 Å². The summed E-state index contributed by atoms with van der Waals surface area (Å²) in [5, 5.41) is 119. The van der Waals surface area contributed by atoms with Gasteiger partial charge in [0, 0.05) is 42.9 Å². The van der Waals surface area contributed by atoms with Crippen molar-refractivity contribution in [3.8, 4) is 0 Å². The van der Waals surface area contributed by atoms with Crippen LogP contribution < -0.4 is 5.73 Å². The number of nitrogens with two attached hydrogens (primary N) is 1. The van der Waals surface area contributed by atoms with Gasteiger partial charge in [-0.15, -0.1) is 0 Å². The summed E-state index contributed by atoms with van der Waals surface area (Å²) in [6.45, 7) is 7.96. The minimum absolute atomic E-state index is 0.0782. The van der Waals surface area contributed by atoms with Gasteiger partial charge in [-0.2, -0.15) is 0 Å². The molecule has 3 aliphatic rings. The van der Waals surface area contributed by atoms with Crippen molar-refractivity contribution in [2.24, 2.45) is 29.4 Å². The summed E-state index contributed by atoms with van der Waals surface area (Å²) in [6, 6.07) is -1.10. The molecule has 0 aromatic heterocycles. The molecule has 0 aromatic rings. The van der Waals surface area contributed by atoms with Gasteiger partial charge >= 0.3 is 5.97 Å². The Balaban J connectivity index is 1.85. The molecule has 2 saturated heterocycles. The lowest BCUT2D eigenvalue weighted by Crippen LogP contribution is -2.62. The molecule has 17 nitrogen and oxygen atoms in total. The molecule has 2 fully saturated rings. The molecule has 2 bridgehead atoms. The minimum Gasteiger partial charge on any atom is -0.462 e. The van der Waals surface area contributed by atoms with Crippen LogP contribution in [0.3, 0.4) is 0 Å². The van der Waals surface area contributed by atoms with Crippen LogP contribution in [-0.4, -0.2) is 166 Å². The predicted molar refractivity (Wildman–Crippen MR) is 250 cm³/mol. The molecule has 20 atom stereocenters. The summed E-state index contributed by atoms with van der Waals surface area (Å²) in [7, 11) is 0. The van der Waals surface area contributed by atoms with Gasteiger partial charge in [0.2, 0.25) is 0 Å². The molecule has 0 aliphatic carbocycles. The van der Waals surface area contributed by atoms with Gasteiger partial charge in [-0.05, 0) is 33.1 Å². The third-order valence-corrected chi connectivity index (χ3v) is 12.8.